The van der Waals surface area contributed by atoms with Crippen LogP contribution in [0.1, 0.15) is 10.5 Å². The Kier molecular flexibility index (Phi) is 3.61. The predicted octanol–water partition coefficient (Wildman–Crippen LogP) is 2.38. The molecule has 0 unspecified atom stereocenters. The number of pyridine rings is 1. The molecule has 22 heavy (non-hydrogen) atoms. The first-order chi connectivity index (χ1) is 10.6. The highest BCUT2D eigenvalue weighted by Crippen LogP contribution is 2.22. The lowest BCUT2D eigenvalue weighted by molar-refractivity contribution is 0.102. The highest BCUT2D eigenvalue weighted by atomic mass is 16.3. The number of nitrogens with one attached hydrogen (secondary N) is 2. The van der Waals surface area contributed by atoms with E-state index in [0.717, 1.165) is 0 Å². The Morgan fingerprint density at radius 2 is 2.18 bits per heavy atom. The zero-order valence-electron chi connectivity index (χ0n) is 12.2. The summed E-state index contributed by atoms with van der Waals surface area (Å²) in [6, 6.07) is 8.76. The molecule has 3 heterocycles. The first kappa shape index (κ1) is 13.9. The fourth-order valence-corrected chi connectivity index (χ4v) is 2.03. The molecule has 7 nitrogen and oxygen atoms in total. The molecule has 0 aliphatic carbocycles. The van der Waals surface area contributed by atoms with Gasteiger partial charge in [-0.15, -0.1) is 0 Å². The van der Waals surface area contributed by atoms with Crippen molar-refractivity contribution in [3.63, 3.8) is 0 Å². The molecule has 3 aromatic heterocycles. The smallest absolute Gasteiger partial charge is 0.276 e. The van der Waals surface area contributed by atoms with E-state index in [4.69, 9.17) is 4.42 Å². The molecule has 2 N–H and O–H groups in total. The van der Waals surface area contributed by atoms with Crippen molar-refractivity contribution in [2.24, 2.45) is 0 Å². The Labute approximate surface area is 127 Å². The molecule has 0 radical (unpaired) electrons. The second-order valence-electron chi connectivity index (χ2n) is 4.87. The van der Waals surface area contributed by atoms with Gasteiger partial charge in [-0.25, -0.2) is 4.98 Å². The van der Waals surface area contributed by atoms with Gasteiger partial charge in [0, 0.05) is 26.4 Å². The number of aromatic nitrogens is 3. The molecule has 0 aliphatic rings. The minimum absolute atomic E-state index is 0.278. The van der Waals surface area contributed by atoms with Gasteiger partial charge in [-0.3, -0.25) is 9.89 Å². The van der Waals surface area contributed by atoms with Crippen LogP contribution in [-0.4, -0.2) is 35.2 Å². The summed E-state index contributed by atoms with van der Waals surface area (Å²) in [4.78, 5) is 18.4. The molecule has 0 aromatic carbocycles. The van der Waals surface area contributed by atoms with E-state index in [9.17, 15) is 4.79 Å². The van der Waals surface area contributed by atoms with Crippen LogP contribution in [0.15, 0.2) is 47.2 Å². The topological polar surface area (TPSA) is 87.0 Å². The molecule has 1 amide bonds. The summed E-state index contributed by atoms with van der Waals surface area (Å²) < 4.78 is 5.26. The van der Waals surface area contributed by atoms with Gasteiger partial charge in [0.15, 0.2) is 17.3 Å². The molecule has 112 valence electrons. The third kappa shape index (κ3) is 2.69. The molecule has 0 spiro atoms. The van der Waals surface area contributed by atoms with Crippen LogP contribution in [0.25, 0.3) is 11.5 Å². The Balaban J connectivity index is 1.81. The lowest BCUT2D eigenvalue weighted by Gasteiger charge is -2.15. The number of H-pyrrole nitrogens is 1. The summed E-state index contributed by atoms with van der Waals surface area (Å²) in [7, 11) is 3.73. The normalized spacial score (nSPS) is 10.5. The maximum atomic E-state index is 12.3. The van der Waals surface area contributed by atoms with Gasteiger partial charge >= 0.3 is 0 Å². The van der Waals surface area contributed by atoms with Crippen molar-refractivity contribution in [3.8, 4) is 11.5 Å². The van der Waals surface area contributed by atoms with Crippen LogP contribution in [0.4, 0.5) is 11.5 Å². The summed E-state index contributed by atoms with van der Waals surface area (Å²) in [5, 5.41) is 9.60. The van der Waals surface area contributed by atoms with Gasteiger partial charge in [0.1, 0.15) is 5.69 Å². The minimum Gasteiger partial charge on any atom is -0.463 e. The summed E-state index contributed by atoms with van der Waals surface area (Å²) in [6.07, 6.45) is 3.24. The number of carbonyl (C=O) groups is 1. The molecule has 3 aromatic rings. The SMILES string of the molecule is CN(C)c1ncccc1NC(=O)c1cc(-c2ccco2)[nH]n1. The van der Waals surface area contributed by atoms with Gasteiger partial charge < -0.3 is 14.6 Å². The molecule has 7 heteroatoms. The number of aromatic amines is 1. The predicted molar refractivity (Wildman–Crippen MR) is 82.8 cm³/mol. The molecule has 3 rings (SSSR count). The second kappa shape index (κ2) is 5.72. The van der Waals surface area contributed by atoms with Crippen LogP contribution >= 0.6 is 0 Å². The van der Waals surface area contributed by atoms with Crippen molar-refractivity contribution >= 4 is 17.4 Å². The number of anilines is 2. The summed E-state index contributed by atoms with van der Waals surface area (Å²) in [5.41, 5.74) is 1.55. The van der Waals surface area contributed by atoms with E-state index < -0.39 is 0 Å². The Morgan fingerprint density at radius 1 is 1.32 bits per heavy atom. The first-order valence-corrected chi connectivity index (χ1v) is 6.68. The maximum Gasteiger partial charge on any atom is 0.276 e. The van der Waals surface area contributed by atoms with Gasteiger partial charge in [0.25, 0.3) is 5.91 Å². The van der Waals surface area contributed by atoms with Crippen LogP contribution in [0.3, 0.4) is 0 Å². The molecular weight excluding hydrogens is 282 g/mol. The van der Waals surface area contributed by atoms with Crippen molar-refractivity contribution in [1.82, 2.24) is 15.2 Å². The van der Waals surface area contributed by atoms with Gasteiger partial charge in [0.2, 0.25) is 0 Å². The van der Waals surface area contributed by atoms with Crippen LogP contribution in [0.5, 0.6) is 0 Å². The van der Waals surface area contributed by atoms with Crippen molar-refractivity contribution in [3.05, 3.63) is 48.5 Å². The summed E-state index contributed by atoms with van der Waals surface area (Å²) >= 11 is 0. The average molecular weight is 297 g/mol. The maximum absolute atomic E-state index is 12.3. The fraction of sp³-hybridized carbons (Fsp3) is 0.133. The van der Waals surface area contributed by atoms with E-state index in [1.165, 1.54) is 0 Å². The van der Waals surface area contributed by atoms with Gasteiger partial charge in [-0.1, -0.05) is 0 Å². The van der Waals surface area contributed by atoms with Crippen LogP contribution in [0, 0.1) is 0 Å². The van der Waals surface area contributed by atoms with Crippen molar-refractivity contribution in [1.29, 1.82) is 0 Å². The van der Waals surface area contributed by atoms with Crippen molar-refractivity contribution < 1.29 is 9.21 Å². The Morgan fingerprint density at radius 3 is 2.91 bits per heavy atom. The van der Waals surface area contributed by atoms with E-state index >= 15 is 0 Å². The Bertz CT molecular complexity index is 777. The minimum atomic E-state index is -0.315. The third-order valence-electron chi connectivity index (χ3n) is 3.06. The lowest BCUT2D eigenvalue weighted by Crippen LogP contribution is -2.18. The number of amides is 1. The number of furan rings is 1. The van der Waals surface area contributed by atoms with E-state index in [2.05, 4.69) is 20.5 Å². The number of nitrogens with zero attached hydrogens (tertiary/aromatic N) is 3. The summed E-state index contributed by atoms with van der Waals surface area (Å²) in [5.74, 6) is 0.990. The second-order valence-corrected chi connectivity index (χ2v) is 4.87. The Hall–Kier alpha value is -3.09. The standard InChI is InChI=1S/C15H15N5O2/c1-20(2)14-10(5-3-7-16-14)17-15(21)12-9-11(18-19-12)13-6-4-8-22-13/h3-9H,1-2H3,(H,17,21)(H,18,19). The first-order valence-electron chi connectivity index (χ1n) is 6.68. The van der Waals surface area contributed by atoms with E-state index in [0.29, 0.717) is 23.0 Å². The third-order valence-corrected chi connectivity index (χ3v) is 3.06. The lowest BCUT2D eigenvalue weighted by atomic mass is 10.3. The highest BCUT2D eigenvalue weighted by Gasteiger charge is 2.15. The van der Waals surface area contributed by atoms with E-state index in [1.807, 2.05) is 19.0 Å². The monoisotopic (exact) mass is 297 g/mol. The summed E-state index contributed by atoms with van der Waals surface area (Å²) in [6.45, 7) is 0. The molecular formula is C15H15N5O2. The number of hydrogen-bond donors (Lipinski definition) is 2. The number of hydrogen-bond acceptors (Lipinski definition) is 5. The zero-order valence-corrected chi connectivity index (χ0v) is 12.2. The quantitative estimate of drug-likeness (QED) is 0.772. The molecule has 0 saturated heterocycles. The van der Waals surface area contributed by atoms with E-state index in [1.54, 1.807) is 42.8 Å². The van der Waals surface area contributed by atoms with Crippen molar-refractivity contribution in [2.75, 3.05) is 24.3 Å². The average Bonchev–Trinajstić information content (AvgIpc) is 3.18. The van der Waals surface area contributed by atoms with Gasteiger partial charge in [0.05, 0.1) is 12.0 Å². The van der Waals surface area contributed by atoms with Gasteiger partial charge in [-0.05, 0) is 24.3 Å². The fourth-order valence-electron chi connectivity index (χ4n) is 2.03. The molecule has 0 fully saturated rings. The zero-order chi connectivity index (χ0) is 15.5. The van der Waals surface area contributed by atoms with Crippen molar-refractivity contribution in [2.45, 2.75) is 0 Å². The highest BCUT2D eigenvalue weighted by molar-refractivity contribution is 6.04. The largest absolute Gasteiger partial charge is 0.463 e. The van der Waals surface area contributed by atoms with E-state index in [-0.39, 0.29) is 11.6 Å². The van der Waals surface area contributed by atoms with Gasteiger partial charge in [-0.2, -0.15) is 5.10 Å². The van der Waals surface area contributed by atoms with Crippen LogP contribution < -0.4 is 10.2 Å². The van der Waals surface area contributed by atoms with Crippen LogP contribution in [-0.2, 0) is 0 Å². The molecule has 0 bridgehead atoms. The number of rotatable bonds is 4. The van der Waals surface area contributed by atoms with Crippen LogP contribution in [0.2, 0.25) is 0 Å². The molecule has 0 atom stereocenters. The molecule has 0 saturated carbocycles. The number of carbonyl (C=O) groups excluding carboxylic acids is 1. The molecule has 0 aliphatic heterocycles.